The average molecular weight is 220 g/mol. The summed E-state index contributed by atoms with van der Waals surface area (Å²) in [7, 11) is 0. The summed E-state index contributed by atoms with van der Waals surface area (Å²) < 4.78 is 1.45. The van der Waals surface area contributed by atoms with Crippen molar-refractivity contribution in [1.29, 1.82) is 0 Å². The van der Waals surface area contributed by atoms with Gasteiger partial charge in [0.2, 0.25) is 0 Å². The second kappa shape index (κ2) is 3.70. The molecule has 0 atom stereocenters. The minimum absolute atomic E-state index is 0.238. The molecule has 0 saturated heterocycles. The first kappa shape index (κ1) is 9.66. The number of rotatable bonds is 2. The molecule has 0 saturated carbocycles. The maximum atomic E-state index is 5.50. The highest BCUT2D eigenvalue weighted by molar-refractivity contribution is 7.80. The number of aromatic nitrogens is 5. The lowest BCUT2D eigenvalue weighted by atomic mass is 10.3. The zero-order chi connectivity index (χ0) is 10.8. The monoisotopic (exact) mass is 220 g/mol. The quantitative estimate of drug-likeness (QED) is 0.717. The van der Waals surface area contributed by atoms with E-state index in [-0.39, 0.29) is 4.99 Å². The number of hydrogen-bond acceptors (Lipinski definition) is 5. The van der Waals surface area contributed by atoms with Crippen molar-refractivity contribution in [3.8, 4) is 5.95 Å². The van der Waals surface area contributed by atoms with Gasteiger partial charge in [-0.2, -0.15) is 9.78 Å². The largest absolute Gasteiger partial charge is 0.388 e. The van der Waals surface area contributed by atoms with Crippen LogP contribution in [0.5, 0.6) is 0 Å². The molecule has 2 N–H and O–H groups in total. The van der Waals surface area contributed by atoms with Gasteiger partial charge in [0, 0.05) is 5.69 Å². The minimum Gasteiger partial charge on any atom is -0.388 e. The Morgan fingerprint density at radius 3 is 2.87 bits per heavy atom. The van der Waals surface area contributed by atoms with Gasteiger partial charge in [0.1, 0.15) is 23.3 Å². The molecule has 0 aliphatic rings. The third-order valence-corrected chi connectivity index (χ3v) is 1.93. The van der Waals surface area contributed by atoms with Gasteiger partial charge in [0.15, 0.2) is 0 Å². The molecule has 0 radical (unpaired) electrons. The van der Waals surface area contributed by atoms with Crippen LogP contribution in [0.25, 0.3) is 5.95 Å². The minimum atomic E-state index is 0.238. The van der Waals surface area contributed by atoms with Gasteiger partial charge in [-0.15, -0.1) is 0 Å². The zero-order valence-corrected chi connectivity index (χ0v) is 8.77. The van der Waals surface area contributed by atoms with Crippen LogP contribution in [-0.4, -0.2) is 29.7 Å². The van der Waals surface area contributed by atoms with Crippen molar-refractivity contribution in [1.82, 2.24) is 24.7 Å². The number of nitrogens with two attached hydrogens (primary N) is 1. The van der Waals surface area contributed by atoms with E-state index in [9.17, 15) is 0 Å². The molecule has 7 heteroatoms. The molecule has 0 bridgehead atoms. The first-order valence-corrected chi connectivity index (χ1v) is 4.58. The topological polar surface area (TPSA) is 82.5 Å². The third kappa shape index (κ3) is 1.96. The van der Waals surface area contributed by atoms with E-state index in [4.69, 9.17) is 18.0 Å². The Hall–Kier alpha value is -1.89. The molecule has 2 heterocycles. The van der Waals surface area contributed by atoms with Crippen LogP contribution in [0.4, 0.5) is 0 Å². The molecule has 0 unspecified atom stereocenters. The molecule has 15 heavy (non-hydrogen) atoms. The predicted octanol–water partition coefficient (Wildman–Crippen LogP) is -0.0000800. The molecule has 0 amide bonds. The van der Waals surface area contributed by atoms with Crippen LogP contribution in [0.15, 0.2) is 18.7 Å². The summed E-state index contributed by atoms with van der Waals surface area (Å²) in [5, 5.41) is 3.92. The van der Waals surface area contributed by atoms with E-state index in [1.807, 2.05) is 6.92 Å². The average Bonchev–Trinajstić information content (AvgIpc) is 2.69. The van der Waals surface area contributed by atoms with E-state index in [0.717, 1.165) is 5.69 Å². The standard InChI is InChI=1S/C8H8N6S/c1-5-2-6(7(9)15)13-8(12-5)14-4-10-3-11-14/h2-4H,1H3,(H2,9,15). The van der Waals surface area contributed by atoms with Gasteiger partial charge in [-0.1, -0.05) is 12.2 Å². The summed E-state index contributed by atoms with van der Waals surface area (Å²) >= 11 is 4.85. The lowest BCUT2D eigenvalue weighted by Crippen LogP contribution is -2.15. The lowest BCUT2D eigenvalue weighted by Gasteiger charge is -2.03. The SMILES string of the molecule is Cc1cc(C(N)=S)nc(-n2cncn2)n1. The molecule has 6 nitrogen and oxygen atoms in total. The Morgan fingerprint density at radius 1 is 1.47 bits per heavy atom. The van der Waals surface area contributed by atoms with Crippen molar-refractivity contribution in [3.63, 3.8) is 0 Å². The lowest BCUT2D eigenvalue weighted by molar-refractivity contribution is 0.798. The van der Waals surface area contributed by atoms with Crippen LogP contribution in [0, 0.1) is 6.92 Å². The van der Waals surface area contributed by atoms with Crippen LogP contribution < -0.4 is 5.73 Å². The summed E-state index contributed by atoms with van der Waals surface area (Å²) in [6, 6.07) is 1.72. The Kier molecular flexibility index (Phi) is 2.38. The van der Waals surface area contributed by atoms with Crippen LogP contribution in [0.1, 0.15) is 11.4 Å². The van der Waals surface area contributed by atoms with Crippen molar-refractivity contribution in [2.45, 2.75) is 6.92 Å². The maximum Gasteiger partial charge on any atom is 0.252 e. The van der Waals surface area contributed by atoms with Crippen LogP contribution >= 0.6 is 12.2 Å². The Morgan fingerprint density at radius 2 is 2.27 bits per heavy atom. The van der Waals surface area contributed by atoms with Crippen molar-refractivity contribution >= 4 is 17.2 Å². The van der Waals surface area contributed by atoms with Crippen molar-refractivity contribution in [2.24, 2.45) is 5.73 Å². The first-order valence-electron chi connectivity index (χ1n) is 4.17. The predicted molar refractivity (Wildman–Crippen MR) is 57.6 cm³/mol. The highest BCUT2D eigenvalue weighted by Gasteiger charge is 2.06. The number of aryl methyl sites for hydroxylation is 1. The zero-order valence-electron chi connectivity index (χ0n) is 7.95. The first-order chi connectivity index (χ1) is 7.16. The van der Waals surface area contributed by atoms with Crippen molar-refractivity contribution in [3.05, 3.63) is 30.1 Å². The molecule has 0 aromatic carbocycles. The Balaban J connectivity index is 2.54. The fourth-order valence-electron chi connectivity index (χ4n) is 1.09. The van der Waals surface area contributed by atoms with Gasteiger partial charge in [-0.05, 0) is 13.0 Å². The molecular formula is C8H8N6S. The van der Waals surface area contributed by atoms with Gasteiger partial charge in [0.05, 0.1) is 0 Å². The van der Waals surface area contributed by atoms with E-state index >= 15 is 0 Å². The smallest absolute Gasteiger partial charge is 0.252 e. The summed E-state index contributed by atoms with van der Waals surface area (Å²) in [4.78, 5) is 12.4. The van der Waals surface area contributed by atoms with Gasteiger partial charge in [-0.25, -0.2) is 15.0 Å². The van der Waals surface area contributed by atoms with Crippen molar-refractivity contribution in [2.75, 3.05) is 0 Å². The summed E-state index contributed by atoms with van der Waals surface area (Å²) in [5.74, 6) is 0.412. The van der Waals surface area contributed by atoms with Gasteiger partial charge in [-0.3, -0.25) is 0 Å². The van der Waals surface area contributed by atoms with Gasteiger partial charge in [0.25, 0.3) is 5.95 Å². The summed E-state index contributed by atoms with van der Waals surface area (Å²) in [6.07, 6.45) is 2.92. The number of hydrogen-bond donors (Lipinski definition) is 1. The number of nitrogens with zero attached hydrogens (tertiary/aromatic N) is 5. The second-order valence-corrected chi connectivity index (χ2v) is 3.34. The molecule has 0 aliphatic heterocycles. The van der Waals surface area contributed by atoms with Crippen LogP contribution in [0.2, 0.25) is 0 Å². The Labute approximate surface area is 91.2 Å². The van der Waals surface area contributed by atoms with Crippen LogP contribution in [-0.2, 0) is 0 Å². The van der Waals surface area contributed by atoms with E-state index in [1.165, 1.54) is 17.3 Å². The molecule has 0 fully saturated rings. The fourth-order valence-corrected chi connectivity index (χ4v) is 1.20. The number of thiocarbonyl (C=S) groups is 1. The summed E-state index contributed by atoms with van der Waals surface area (Å²) in [6.45, 7) is 1.84. The molecule has 0 spiro atoms. The highest BCUT2D eigenvalue weighted by atomic mass is 32.1. The molecule has 2 aromatic heterocycles. The Bertz CT molecular complexity index is 492. The molecule has 2 rings (SSSR count). The van der Waals surface area contributed by atoms with E-state index in [2.05, 4.69) is 20.1 Å². The van der Waals surface area contributed by atoms with E-state index in [0.29, 0.717) is 11.6 Å². The van der Waals surface area contributed by atoms with Crippen LogP contribution in [0.3, 0.4) is 0 Å². The maximum absolute atomic E-state index is 5.50. The van der Waals surface area contributed by atoms with Crippen molar-refractivity contribution < 1.29 is 0 Å². The van der Waals surface area contributed by atoms with Gasteiger partial charge < -0.3 is 5.73 Å². The third-order valence-electron chi connectivity index (χ3n) is 1.72. The molecule has 0 aliphatic carbocycles. The molecular weight excluding hydrogens is 212 g/mol. The molecule has 2 aromatic rings. The van der Waals surface area contributed by atoms with E-state index < -0.39 is 0 Å². The fraction of sp³-hybridized carbons (Fsp3) is 0.125. The normalized spacial score (nSPS) is 10.2. The molecule has 76 valence electrons. The highest BCUT2D eigenvalue weighted by Crippen LogP contribution is 2.03. The van der Waals surface area contributed by atoms with Gasteiger partial charge >= 0.3 is 0 Å². The van der Waals surface area contributed by atoms with E-state index in [1.54, 1.807) is 6.07 Å². The summed E-state index contributed by atoms with van der Waals surface area (Å²) in [5.41, 5.74) is 6.81. The second-order valence-electron chi connectivity index (χ2n) is 2.90.